The Morgan fingerprint density at radius 1 is 0.852 bits per heavy atom. The summed E-state index contributed by atoms with van der Waals surface area (Å²) in [6, 6.07) is -2.24. The summed E-state index contributed by atoms with van der Waals surface area (Å²) in [5.41, 5.74) is -0.133. The zero-order valence-corrected chi connectivity index (χ0v) is 33.3. The molecule has 0 spiro atoms. The number of carbonyl (C=O) groups excluding carboxylic acids is 7. The van der Waals surface area contributed by atoms with Crippen LogP contribution in [0.2, 0.25) is 0 Å². The number of halogens is 5. The quantitative estimate of drug-likeness (QED) is 0.239. The molecule has 2 aromatic rings. The summed E-state index contributed by atoms with van der Waals surface area (Å²) < 4.78 is 76.0. The number of esters is 1. The van der Waals surface area contributed by atoms with Gasteiger partial charge in [0, 0.05) is 37.8 Å². The van der Waals surface area contributed by atoms with Crippen LogP contribution in [-0.2, 0) is 39.9 Å². The number of piperidine rings is 1. The highest BCUT2D eigenvalue weighted by molar-refractivity contribution is 5.98. The van der Waals surface area contributed by atoms with Gasteiger partial charge in [0.15, 0.2) is 0 Å². The molecular weight excluding hydrogens is 817 g/mol. The number of ether oxygens (including phenoxy) is 2. The molecule has 7 amide bonds. The molecule has 7 atom stereocenters. The van der Waals surface area contributed by atoms with Crippen molar-refractivity contribution in [3.8, 4) is 5.75 Å². The summed E-state index contributed by atoms with van der Waals surface area (Å²) in [4.78, 5) is 101. The molecule has 0 unspecified atom stereocenters. The molecule has 0 aliphatic carbocycles. The molecular formula is C40H46F5N7O9. The number of amides is 7. The molecule has 0 radical (unpaired) electrons. The SMILES string of the molecule is C[C@@H]1C[C@H]2C(=O)OC[C@H](NC(=O)[C@H](Cc3cc(F)cc(F)c3)NC(=O)Nc3ccc(OC(F)(F)F)cc3)C(=O)N3CCC[C@H]3C(=O)N3CCCC[C@H]3C(=O)N[C@@H](C)C(=O)N2C1. The van der Waals surface area contributed by atoms with E-state index in [1.54, 1.807) is 0 Å². The summed E-state index contributed by atoms with van der Waals surface area (Å²) in [5.74, 6) is -7.20. The predicted molar refractivity (Wildman–Crippen MR) is 203 cm³/mol. The Morgan fingerprint density at radius 3 is 2.20 bits per heavy atom. The second kappa shape index (κ2) is 18.7. The van der Waals surface area contributed by atoms with Gasteiger partial charge in [-0.3, -0.25) is 24.0 Å². The number of rotatable bonds is 7. The average Bonchev–Trinajstić information content (AvgIpc) is 3.85. The highest BCUT2D eigenvalue weighted by atomic mass is 19.4. The summed E-state index contributed by atoms with van der Waals surface area (Å²) in [6.07, 6.45) is -3.23. The molecule has 4 aliphatic heterocycles. The molecule has 2 aromatic carbocycles. The monoisotopic (exact) mass is 863 g/mol. The van der Waals surface area contributed by atoms with Crippen LogP contribution < -0.4 is 26.0 Å². The lowest BCUT2D eigenvalue weighted by molar-refractivity contribution is -0.274. The van der Waals surface area contributed by atoms with Crippen molar-refractivity contribution in [3.05, 3.63) is 59.7 Å². The van der Waals surface area contributed by atoms with Gasteiger partial charge in [0.25, 0.3) is 0 Å². The van der Waals surface area contributed by atoms with Crippen LogP contribution in [0.5, 0.6) is 5.75 Å². The molecule has 16 nitrogen and oxygen atoms in total. The van der Waals surface area contributed by atoms with Crippen molar-refractivity contribution in [1.82, 2.24) is 30.7 Å². The van der Waals surface area contributed by atoms with Crippen LogP contribution in [0.4, 0.5) is 32.4 Å². The number of benzene rings is 2. The van der Waals surface area contributed by atoms with Gasteiger partial charge in [0.05, 0.1) is 0 Å². The van der Waals surface area contributed by atoms with Gasteiger partial charge < -0.3 is 45.4 Å². The first-order valence-corrected chi connectivity index (χ1v) is 19.9. The number of nitrogens with one attached hydrogen (secondary N) is 4. The van der Waals surface area contributed by atoms with Gasteiger partial charge in [-0.15, -0.1) is 13.2 Å². The van der Waals surface area contributed by atoms with E-state index in [4.69, 9.17) is 4.74 Å². The lowest BCUT2D eigenvalue weighted by Crippen LogP contribution is -2.62. The maximum Gasteiger partial charge on any atom is 0.573 e. The van der Waals surface area contributed by atoms with Crippen LogP contribution in [0.25, 0.3) is 0 Å². The smallest absolute Gasteiger partial charge is 0.461 e. The lowest BCUT2D eigenvalue weighted by Gasteiger charge is -2.39. The largest absolute Gasteiger partial charge is 0.573 e. The molecule has 4 saturated heterocycles. The van der Waals surface area contributed by atoms with E-state index in [1.165, 1.54) is 21.6 Å². The van der Waals surface area contributed by atoms with Crippen LogP contribution in [0.15, 0.2) is 42.5 Å². The first kappa shape index (κ1) is 44.5. The van der Waals surface area contributed by atoms with E-state index < -0.39 is 115 Å². The number of alkyl halides is 3. The molecule has 4 N–H and O–H groups in total. The normalized spacial score (nSPS) is 25.8. The summed E-state index contributed by atoms with van der Waals surface area (Å²) in [5, 5.41) is 9.90. The van der Waals surface area contributed by atoms with E-state index in [0.29, 0.717) is 31.7 Å². The fourth-order valence-electron chi connectivity index (χ4n) is 8.23. The van der Waals surface area contributed by atoms with Crippen molar-refractivity contribution in [2.45, 2.75) is 101 Å². The maximum atomic E-state index is 14.5. The van der Waals surface area contributed by atoms with Gasteiger partial charge in [-0.25, -0.2) is 18.4 Å². The average molecular weight is 864 g/mol. The van der Waals surface area contributed by atoms with Crippen molar-refractivity contribution >= 4 is 47.2 Å². The van der Waals surface area contributed by atoms with E-state index in [0.717, 1.165) is 36.4 Å². The Hall–Kier alpha value is -6.02. The third-order valence-corrected chi connectivity index (χ3v) is 11.0. The minimum absolute atomic E-state index is 0.0380. The van der Waals surface area contributed by atoms with E-state index in [2.05, 4.69) is 26.0 Å². The summed E-state index contributed by atoms with van der Waals surface area (Å²) >= 11 is 0. The van der Waals surface area contributed by atoms with Crippen LogP contribution in [-0.4, -0.2) is 125 Å². The van der Waals surface area contributed by atoms with Crippen LogP contribution >= 0.6 is 0 Å². The molecule has 0 saturated carbocycles. The highest BCUT2D eigenvalue weighted by Crippen LogP contribution is 2.28. The fourth-order valence-corrected chi connectivity index (χ4v) is 8.23. The number of nitrogens with zero attached hydrogens (tertiary/aromatic N) is 3. The van der Waals surface area contributed by atoms with Crippen molar-refractivity contribution in [1.29, 1.82) is 0 Å². The number of anilines is 1. The number of fused-ring (bicyclic) bond motifs is 3. The Kier molecular flexibility index (Phi) is 13.7. The third kappa shape index (κ3) is 11.0. The molecule has 4 fully saturated rings. The van der Waals surface area contributed by atoms with Gasteiger partial charge >= 0.3 is 18.4 Å². The van der Waals surface area contributed by atoms with Crippen molar-refractivity contribution in [2.75, 3.05) is 31.6 Å². The Morgan fingerprint density at radius 2 is 1.51 bits per heavy atom. The number of cyclic esters (lactones) is 1. The van der Waals surface area contributed by atoms with Crippen LogP contribution in [0.1, 0.15) is 57.9 Å². The molecule has 21 heteroatoms. The topological polar surface area (TPSA) is 196 Å². The third-order valence-electron chi connectivity index (χ3n) is 11.0. The zero-order valence-electron chi connectivity index (χ0n) is 33.3. The van der Waals surface area contributed by atoms with E-state index in [9.17, 15) is 55.5 Å². The minimum Gasteiger partial charge on any atom is -0.461 e. The Labute approximate surface area is 346 Å². The number of carbonyl (C=O) groups is 7. The van der Waals surface area contributed by atoms with Crippen molar-refractivity contribution in [2.24, 2.45) is 5.92 Å². The minimum atomic E-state index is -4.97. The fraction of sp³-hybridized carbons (Fsp3) is 0.525. The van der Waals surface area contributed by atoms with Crippen LogP contribution in [0, 0.1) is 17.6 Å². The standard InChI is InChI=1S/C40H46F5N7O9/c1-21-14-32-38(58)60-20-29(36(56)51-13-5-7-31(51)37(57)50-12-4-3-6-30(50)34(54)46-22(2)35(55)52(32)19-21)48-33(53)28(17-23-15-24(41)18-25(42)16-23)49-39(59)47-26-8-10-27(11-9-26)61-40(43,44)45/h8-11,15-16,18,21-22,28-32H,3-7,12-14,17,19-20H2,1-2H3,(H,46,54)(H,48,53)(H2,47,49,59)/t21-,22+,28+,29+,30+,31+,32+/m1/s1. The van der Waals surface area contributed by atoms with Gasteiger partial charge in [-0.2, -0.15) is 0 Å². The van der Waals surface area contributed by atoms with Crippen LogP contribution in [0.3, 0.4) is 0 Å². The van der Waals surface area contributed by atoms with E-state index in [-0.39, 0.29) is 49.6 Å². The summed E-state index contributed by atoms with van der Waals surface area (Å²) in [7, 11) is 0. The lowest BCUT2D eigenvalue weighted by atomic mass is 9.99. The molecule has 61 heavy (non-hydrogen) atoms. The van der Waals surface area contributed by atoms with Crippen molar-refractivity contribution in [3.63, 3.8) is 0 Å². The predicted octanol–water partition coefficient (Wildman–Crippen LogP) is 2.75. The second-order valence-corrected chi connectivity index (χ2v) is 15.7. The first-order chi connectivity index (χ1) is 28.9. The van der Waals surface area contributed by atoms with E-state index in [1.807, 2.05) is 6.92 Å². The second-order valence-electron chi connectivity index (χ2n) is 15.7. The molecule has 0 aromatic heterocycles. The highest BCUT2D eigenvalue weighted by Gasteiger charge is 2.46. The molecule has 0 bridgehead atoms. The first-order valence-electron chi connectivity index (χ1n) is 19.9. The molecule has 6 rings (SSSR count). The van der Waals surface area contributed by atoms with Gasteiger partial charge in [-0.1, -0.05) is 6.92 Å². The van der Waals surface area contributed by atoms with E-state index >= 15 is 0 Å². The number of urea groups is 1. The number of hydrogen-bond donors (Lipinski definition) is 4. The van der Waals surface area contributed by atoms with Gasteiger partial charge in [0.1, 0.15) is 60.2 Å². The Bertz CT molecular complexity index is 2000. The Balaban J connectivity index is 1.29. The van der Waals surface area contributed by atoms with Gasteiger partial charge in [0.2, 0.25) is 29.5 Å². The maximum absolute atomic E-state index is 14.5. The summed E-state index contributed by atoms with van der Waals surface area (Å²) in [6.45, 7) is 2.94. The van der Waals surface area contributed by atoms with Gasteiger partial charge in [-0.05, 0) is 93.3 Å². The molecule has 330 valence electrons. The van der Waals surface area contributed by atoms with Crippen molar-refractivity contribution < 1.29 is 65.0 Å². The zero-order chi connectivity index (χ0) is 44.2. The molecule has 4 heterocycles. The molecule has 4 aliphatic rings. The number of hydrogen-bond acceptors (Lipinski definition) is 9.